The van der Waals surface area contributed by atoms with Crippen LogP contribution in [-0.2, 0) is 18.4 Å². The van der Waals surface area contributed by atoms with Crippen LogP contribution in [0.4, 0.5) is 0 Å². The molecule has 0 radical (unpaired) electrons. The van der Waals surface area contributed by atoms with Crippen molar-refractivity contribution in [2.24, 2.45) is 24.8 Å². The molecule has 1 aliphatic heterocycles. The van der Waals surface area contributed by atoms with E-state index in [4.69, 9.17) is 0 Å². The molecule has 0 aromatic carbocycles. The van der Waals surface area contributed by atoms with E-state index >= 15 is 0 Å². The highest BCUT2D eigenvalue weighted by Crippen LogP contribution is 2.44. The number of aromatic amines is 1. The van der Waals surface area contributed by atoms with E-state index in [9.17, 15) is 14.7 Å². The molecule has 2 aromatic heterocycles. The number of rotatable bonds is 4. The lowest BCUT2D eigenvalue weighted by molar-refractivity contribution is -0.142. The number of carboxylic acids is 1. The molecule has 122 valence electrons. The molecule has 0 spiro atoms. The van der Waals surface area contributed by atoms with Gasteiger partial charge in [-0.15, -0.1) is 0 Å². The van der Waals surface area contributed by atoms with E-state index < -0.39 is 5.97 Å². The number of H-pyrrole nitrogens is 1. The number of nitrogens with one attached hydrogen (secondary N) is 1. The van der Waals surface area contributed by atoms with Crippen molar-refractivity contribution in [3.8, 4) is 0 Å². The van der Waals surface area contributed by atoms with Gasteiger partial charge in [0.05, 0.1) is 18.7 Å². The molecule has 1 aliphatic carbocycles. The van der Waals surface area contributed by atoms with E-state index in [1.54, 1.807) is 11.7 Å². The topological polar surface area (TPSA) is 104 Å². The van der Waals surface area contributed by atoms with Crippen molar-refractivity contribution in [2.75, 3.05) is 13.1 Å². The van der Waals surface area contributed by atoms with Crippen LogP contribution in [-0.4, -0.2) is 48.8 Å². The van der Waals surface area contributed by atoms with Crippen molar-refractivity contribution in [3.63, 3.8) is 0 Å². The van der Waals surface area contributed by atoms with Gasteiger partial charge in [-0.25, -0.2) is 4.98 Å². The van der Waals surface area contributed by atoms with Crippen LogP contribution in [0.3, 0.4) is 0 Å². The average molecular weight is 317 g/mol. The number of hydrogen-bond donors (Lipinski definition) is 2. The number of likely N-dealkylation sites (tertiary alicyclic amines) is 1. The summed E-state index contributed by atoms with van der Waals surface area (Å²) < 4.78 is 1.57. The molecule has 0 bridgehead atoms. The second-order valence-electron chi connectivity index (χ2n) is 6.66. The van der Waals surface area contributed by atoms with Crippen molar-refractivity contribution in [1.82, 2.24) is 24.6 Å². The molecule has 8 heteroatoms. The van der Waals surface area contributed by atoms with Gasteiger partial charge >= 0.3 is 5.97 Å². The van der Waals surface area contributed by atoms with Gasteiger partial charge in [-0.1, -0.05) is 0 Å². The molecule has 0 unspecified atom stereocenters. The summed E-state index contributed by atoms with van der Waals surface area (Å²) in [4.78, 5) is 32.9. The van der Waals surface area contributed by atoms with Crippen LogP contribution in [0, 0.1) is 17.8 Å². The second kappa shape index (κ2) is 5.16. The first kappa shape index (κ1) is 14.4. The molecule has 8 nitrogen and oxygen atoms in total. The van der Waals surface area contributed by atoms with Crippen LogP contribution in [0.5, 0.6) is 0 Å². The van der Waals surface area contributed by atoms with Crippen LogP contribution in [0.15, 0.2) is 11.0 Å². The van der Waals surface area contributed by atoms with Crippen LogP contribution in [0.1, 0.15) is 18.7 Å². The largest absolute Gasteiger partial charge is 0.481 e. The van der Waals surface area contributed by atoms with Crippen LogP contribution >= 0.6 is 0 Å². The summed E-state index contributed by atoms with van der Waals surface area (Å²) in [6, 6.07) is 0. The Hall–Kier alpha value is -2.22. The zero-order valence-electron chi connectivity index (χ0n) is 12.9. The molecule has 2 aliphatic rings. The molecule has 2 atom stereocenters. The number of aryl methyl sites for hydroxylation is 1. The fraction of sp³-hybridized carbons (Fsp3) is 0.600. The van der Waals surface area contributed by atoms with Gasteiger partial charge in [-0.3, -0.25) is 19.2 Å². The molecule has 2 fully saturated rings. The minimum atomic E-state index is -0.715. The first-order valence-electron chi connectivity index (χ1n) is 7.89. The highest BCUT2D eigenvalue weighted by molar-refractivity contribution is 5.73. The lowest BCUT2D eigenvalue weighted by Crippen LogP contribution is -2.25. The van der Waals surface area contributed by atoms with Crippen LogP contribution in [0.25, 0.3) is 11.0 Å². The third kappa shape index (κ3) is 2.52. The van der Waals surface area contributed by atoms with Gasteiger partial charge in [-0.2, -0.15) is 5.10 Å². The van der Waals surface area contributed by atoms with Crippen molar-refractivity contribution >= 4 is 17.0 Å². The molecule has 0 amide bonds. The van der Waals surface area contributed by atoms with E-state index in [1.807, 2.05) is 0 Å². The first-order chi connectivity index (χ1) is 11.0. The second-order valence-corrected chi connectivity index (χ2v) is 6.66. The van der Waals surface area contributed by atoms with Crippen LogP contribution < -0.4 is 5.56 Å². The van der Waals surface area contributed by atoms with E-state index in [0.717, 1.165) is 19.4 Å². The standard InChI is InChI=1S/C15H19N5O3/c1-19-13-9(4-16-19)14(21)18-12(17-13)7-20-5-10(8-2-3-8)11(6-20)15(22)23/h4,8,10-11H,2-3,5-7H2,1H3,(H,22,23)(H,17,18,21)/t10-,11+/m1/s1. The smallest absolute Gasteiger partial charge is 0.308 e. The van der Waals surface area contributed by atoms with Gasteiger partial charge in [0.15, 0.2) is 5.65 Å². The summed E-state index contributed by atoms with van der Waals surface area (Å²) in [6.45, 7) is 1.74. The van der Waals surface area contributed by atoms with Gasteiger partial charge in [0.2, 0.25) is 0 Å². The van der Waals surface area contributed by atoms with E-state index in [0.29, 0.717) is 35.9 Å². The summed E-state index contributed by atoms with van der Waals surface area (Å²) in [5, 5.41) is 13.9. The highest BCUT2D eigenvalue weighted by atomic mass is 16.4. The quantitative estimate of drug-likeness (QED) is 0.835. The summed E-state index contributed by atoms with van der Waals surface area (Å²) >= 11 is 0. The maximum absolute atomic E-state index is 12.1. The van der Waals surface area contributed by atoms with Crippen molar-refractivity contribution in [3.05, 3.63) is 22.4 Å². The van der Waals surface area contributed by atoms with Gasteiger partial charge in [-0.05, 0) is 24.7 Å². The summed E-state index contributed by atoms with van der Waals surface area (Å²) in [5.74, 6) is 0.307. The number of aromatic nitrogens is 4. The lowest BCUT2D eigenvalue weighted by Gasteiger charge is -2.14. The van der Waals surface area contributed by atoms with Crippen LogP contribution in [0.2, 0.25) is 0 Å². The minimum absolute atomic E-state index is 0.203. The number of hydrogen-bond acceptors (Lipinski definition) is 5. The Kier molecular flexibility index (Phi) is 3.22. The van der Waals surface area contributed by atoms with E-state index in [2.05, 4.69) is 20.0 Å². The summed E-state index contributed by atoms with van der Waals surface area (Å²) in [7, 11) is 1.75. The number of aliphatic carboxylic acids is 1. The molecule has 1 saturated heterocycles. The fourth-order valence-electron chi connectivity index (χ4n) is 3.67. The van der Waals surface area contributed by atoms with Crippen molar-refractivity contribution < 1.29 is 9.90 Å². The molecule has 1 saturated carbocycles. The molecular weight excluding hydrogens is 298 g/mol. The molecule has 23 heavy (non-hydrogen) atoms. The van der Waals surface area contributed by atoms with Gasteiger partial charge in [0.1, 0.15) is 11.2 Å². The zero-order valence-corrected chi connectivity index (χ0v) is 12.9. The predicted octanol–water partition coefficient (Wildman–Crippen LogP) is 0.199. The number of fused-ring (bicyclic) bond motifs is 1. The van der Waals surface area contributed by atoms with Gasteiger partial charge < -0.3 is 10.1 Å². The van der Waals surface area contributed by atoms with E-state index in [-0.39, 0.29) is 17.4 Å². The highest BCUT2D eigenvalue weighted by Gasteiger charge is 2.45. The minimum Gasteiger partial charge on any atom is -0.481 e. The summed E-state index contributed by atoms with van der Waals surface area (Å²) in [5.41, 5.74) is 0.349. The third-order valence-corrected chi connectivity index (χ3v) is 5.01. The SMILES string of the molecule is Cn1ncc2c(=O)[nH]c(CN3C[C@H](C(=O)O)[C@@H](C4CC4)C3)nc21. The lowest BCUT2D eigenvalue weighted by atomic mass is 9.92. The Morgan fingerprint density at radius 3 is 2.91 bits per heavy atom. The molecular formula is C15H19N5O3. The maximum atomic E-state index is 12.1. The molecule has 2 aromatic rings. The number of carbonyl (C=O) groups is 1. The Morgan fingerprint density at radius 2 is 2.22 bits per heavy atom. The molecule has 4 rings (SSSR count). The molecule has 3 heterocycles. The normalized spacial score (nSPS) is 25.3. The Labute approximate surface area is 132 Å². The Bertz CT molecular complexity index is 822. The Morgan fingerprint density at radius 1 is 1.43 bits per heavy atom. The number of carboxylic acid groups (broad SMARTS) is 1. The van der Waals surface area contributed by atoms with Gasteiger partial charge in [0.25, 0.3) is 5.56 Å². The monoisotopic (exact) mass is 317 g/mol. The average Bonchev–Trinajstić information content (AvgIpc) is 3.16. The predicted molar refractivity (Wildman–Crippen MR) is 81.7 cm³/mol. The van der Waals surface area contributed by atoms with Gasteiger partial charge in [0, 0.05) is 20.1 Å². The third-order valence-electron chi connectivity index (χ3n) is 5.01. The maximum Gasteiger partial charge on any atom is 0.308 e. The van der Waals surface area contributed by atoms with E-state index in [1.165, 1.54) is 6.20 Å². The first-order valence-corrected chi connectivity index (χ1v) is 7.89. The van der Waals surface area contributed by atoms with Crippen molar-refractivity contribution in [2.45, 2.75) is 19.4 Å². The fourth-order valence-corrected chi connectivity index (χ4v) is 3.67. The zero-order chi connectivity index (χ0) is 16.1. The summed E-state index contributed by atoms with van der Waals surface area (Å²) in [6.07, 6.45) is 3.78. The molecule has 2 N–H and O–H groups in total. The number of nitrogens with zero attached hydrogens (tertiary/aromatic N) is 4. The van der Waals surface area contributed by atoms with Crippen molar-refractivity contribution in [1.29, 1.82) is 0 Å². The Balaban J connectivity index is 1.57.